The Bertz CT molecular complexity index is 763. The van der Waals surface area contributed by atoms with Crippen LogP contribution in [-0.4, -0.2) is 18.9 Å². The van der Waals surface area contributed by atoms with Gasteiger partial charge in [0.05, 0.1) is 17.7 Å². The van der Waals surface area contributed by atoms with Gasteiger partial charge in [0.15, 0.2) is 11.5 Å². The molecule has 7 heteroatoms. The van der Waals surface area contributed by atoms with Crippen molar-refractivity contribution in [3.05, 3.63) is 58.4 Å². The third kappa shape index (κ3) is 3.78. The molecule has 0 saturated carbocycles. The fraction of sp³-hybridized carbons (Fsp3) is 0.125. The highest BCUT2D eigenvalue weighted by molar-refractivity contribution is 6.32. The van der Waals surface area contributed by atoms with E-state index in [0.29, 0.717) is 27.6 Å². The summed E-state index contributed by atoms with van der Waals surface area (Å²) in [6.45, 7) is 0.129. The molecule has 0 radical (unpaired) electrons. The van der Waals surface area contributed by atoms with Crippen molar-refractivity contribution in [2.24, 2.45) is 5.10 Å². The van der Waals surface area contributed by atoms with Gasteiger partial charge < -0.3 is 9.47 Å². The lowest BCUT2D eigenvalue weighted by atomic mass is 10.1. The van der Waals surface area contributed by atoms with E-state index in [1.165, 1.54) is 18.3 Å². The molecule has 2 aromatic carbocycles. The van der Waals surface area contributed by atoms with Gasteiger partial charge in [-0.05, 0) is 35.4 Å². The van der Waals surface area contributed by atoms with Crippen LogP contribution < -0.4 is 14.9 Å². The van der Waals surface area contributed by atoms with E-state index in [0.717, 1.165) is 0 Å². The number of hydrogen-bond donors (Lipinski definition) is 1. The Morgan fingerprint density at radius 1 is 1.30 bits per heavy atom. The topological polar surface area (TPSA) is 59.9 Å². The third-order valence-electron chi connectivity index (χ3n) is 3.13. The Balaban J connectivity index is 1.59. The molecule has 1 amide bonds. The predicted octanol–water partition coefficient (Wildman–Crippen LogP) is 2.90. The van der Waals surface area contributed by atoms with Gasteiger partial charge in [0.1, 0.15) is 5.82 Å². The summed E-state index contributed by atoms with van der Waals surface area (Å²) in [6, 6.07) is 9.09. The zero-order valence-corrected chi connectivity index (χ0v) is 12.6. The van der Waals surface area contributed by atoms with Crippen LogP contribution in [0.4, 0.5) is 4.39 Å². The number of rotatable bonds is 4. The quantitative estimate of drug-likeness (QED) is 0.691. The number of ether oxygens (including phenoxy) is 2. The van der Waals surface area contributed by atoms with Crippen molar-refractivity contribution in [1.82, 2.24) is 5.43 Å². The van der Waals surface area contributed by atoms with E-state index in [9.17, 15) is 9.18 Å². The van der Waals surface area contributed by atoms with Crippen molar-refractivity contribution >= 4 is 23.7 Å². The minimum Gasteiger partial charge on any atom is -0.454 e. The van der Waals surface area contributed by atoms with Gasteiger partial charge in [-0.15, -0.1) is 0 Å². The Hall–Kier alpha value is -2.60. The van der Waals surface area contributed by atoms with E-state index in [1.54, 1.807) is 24.3 Å². The molecule has 0 unspecified atom stereocenters. The lowest BCUT2D eigenvalue weighted by Gasteiger charge is -2.02. The molecule has 1 aliphatic heterocycles. The highest BCUT2D eigenvalue weighted by atomic mass is 35.5. The maximum absolute atomic E-state index is 12.8. The summed E-state index contributed by atoms with van der Waals surface area (Å²) in [5.41, 5.74) is 3.77. The number of nitrogens with zero attached hydrogens (tertiary/aromatic N) is 1. The van der Waals surface area contributed by atoms with Crippen molar-refractivity contribution in [3.8, 4) is 11.5 Å². The monoisotopic (exact) mass is 334 g/mol. The summed E-state index contributed by atoms with van der Waals surface area (Å²) in [4.78, 5) is 11.8. The van der Waals surface area contributed by atoms with E-state index in [1.807, 2.05) is 0 Å². The number of amides is 1. The van der Waals surface area contributed by atoms with Gasteiger partial charge in [-0.2, -0.15) is 5.10 Å². The fourth-order valence-electron chi connectivity index (χ4n) is 2.07. The number of hydrazone groups is 1. The summed E-state index contributed by atoms with van der Waals surface area (Å²) in [5.74, 6) is 0.396. The van der Waals surface area contributed by atoms with Crippen LogP contribution in [0.1, 0.15) is 11.1 Å². The van der Waals surface area contributed by atoms with Crippen LogP contribution in [0.5, 0.6) is 11.5 Å². The number of hydrogen-bond acceptors (Lipinski definition) is 4. The molecule has 1 heterocycles. The molecule has 1 N–H and O–H groups in total. The highest BCUT2D eigenvalue weighted by Gasteiger charge is 2.17. The van der Waals surface area contributed by atoms with E-state index in [-0.39, 0.29) is 24.9 Å². The Morgan fingerprint density at radius 3 is 2.87 bits per heavy atom. The van der Waals surface area contributed by atoms with Gasteiger partial charge in [0.2, 0.25) is 12.7 Å². The normalized spacial score (nSPS) is 12.6. The molecule has 0 saturated heterocycles. The Labute approximate surface area is 136 Å². The Morgan fingerprint density at radius 2 is 2.09 bits per heavy atom. The second kappa shape index (κ2) is 6.66. The maximum atomic E-state index is 12.8. The molecule has 118 valence electrons. The standard InChI is InChI=1S/C16H12ClFN2O3/c17-13-5-11(6-14-16(13)23-9-22-14)8-19-20-15(21)7-10-1-3-12(18)4-2-10/h1-6,8H,7,9H2,(H,20,21)/b19-8-. The smallest absolute Gasteiger partial charge is 0.244 e. The van der Waals surface area contributed by atoms with Crippen LogP contribution in [-0.2, 0) is 11.2 Å². The molecule has 0 aromatic heterocycles. The summed E-state index contributed by atoms with van der Waals surface area (Å²) in [5, 5.41) is 4.28. The van der Waals surface area contributed by atoms with Gasteiger partial charge in [-0.1, -0.05) is 23.7 Å². The number of carbonyl (C=O) groups excluding carboxylic acids is 1. The predicted molar refractivity (Wildman–Crippen MR) is 83.4 cm³/mol. The first-order valence-corrected chi connectivity index (χ1v) is 7.15. The molecule has 5 nitrogen and oxygen atoms in total. The second-order valence-electron chi connectivity index (χ2n) is 4.83. The van der Waals surface area contributed by atoms with Crippen molar-refractivity contribution in [2.75, 3.05) is 6.79 Å². The van der Waals surface area contributed by atoms with Crippen LogP contribution in [0, 0.1) is 5.82 Å². The summed E-state index contributed by atoms with van der Waals surface area (Å²) in [7, 11) is 0. The van der Waals surface area contributed by atoms with Crippen LogP contribution in [0.25, 0.3) is 0 Å². The molecule has 1 aliphatic rings. The molecule has 0 atom stereocenters. The van der Waals surface area contributed by atoms with Crippen LogP contribution in [0.2, 0.25) is 5.02 Å². The van der Waals surface area contributed by atoms with E-state index < -0.39 is 0 Å². The molecule has 0 bridgehead atoms. The summed E-state index contributed by atoms with van der Waals surface area (Å²) >= 11 is 6.05. The minimum atomic E-state index is -0.341. The van der Waals surface area contributed by atoms with Crippen molar-refractivity contribution in [3.63, 3.8) is 0 Å². The van der Waals surface area contributed by atoms with Gasteiger partial charge >= 0.3 is 0 Å². The van der Waals surface area contributed by atoms with Gasteiger partial charge in [0, 0.05) is 0 Å². The second-order valence-corrected chi connectivity index (χ2v) is 5.24. The molecule has 3 rings (SSSR count). The summed E-state index contributed by atoms with van der Waals surface area (Å²) in [6.07, 6.45) is 1.57. The largest absolute Gasteiger partial charge is 0.454 e. The molecule has 2 aromatic rings. The third-order valence-corrected chi connectivity index (χ3v) is 3.41. The van der Waals surface area contributed by atoms with Crippen molar-refractivity contribution in [1.29, 1.82) is 0 Å². The van der Waals surface area contributed by atoms with Crippen LogP contribution in [0.3, 0.4) is 0 Å². The summed E-state index contributed by atoms with van der Waals surface area (Å²) < 4.78 is 23.2. The number of halogens is 2. The molecule has 23 heavy (non-hydrogen) atoms. The zero-order valence-electron chi connectivity index (χ0n) is 11.9. The van der Waals surface area contributed by atoms with Crippen molar-refractivity contribution < 1.29 is 18.7 Å². The number of carbonyl (C=O) groups is 1. The first-order valence-electron chi connectivity index (χ1n) is 6.77. The number of nitrogens with one attached hydrogen (secondary N) is 1. The lowest BCUT2D eigenvalue weighted by molar-refractivity contribution is -0.120. The van der Waals surface area contributed by atoms with E-state index >= 15 is 0 Å². The molecule has 0 spiro atoms. The lowest BCUT2D eigenvalue weighted by Crippen LogP contribution is -2.19. The van der Waals surface area contributed by atoms with Gasteiger partial charge in [-0.25, -0.2) is 9.82 Å². The number of benzene rings is 2. The van der Waals surface area contributed by atoms with E-state index in [4.69, 9.17) is 21.1 Å². The SMILES string of the molecule is O=C(Cc1ccc(F)cc1)N/N=C\c1cc(Cl)c2c(c1)OCO2. The fourth-order valence-corrected chi connectivity index (χ4v) is 2.34. The molecule has 0 aliphatic carbocycles. The van der Waals surface area contributed by atoms with E-state index in [2.05, 4.69) is 10.5 Å². The first kappa shape index (κ1) is 15.3. The minimum absolute atomic E-state index is 0.111. The Kier molecular flexibility index (Phi) is 4.43. The maximum Gasteiger partial charge on any atom is 0.244 e. The van der Waals surface area contributed by atoms with Crippen LogP contribution >= 0.6 is 11.6 Å². The number of fused-ring (bicyclic) bond motifs is 1. The van der Waals surface area contributed by atoms with Crippen LogP contribution in [0.15, 0.2) is 41.5 Å². The first-order chi connectivity index (χ1) is 11.1. The average Bonchev–Trinajstić information content (AvgIpc) is 2.99. The van der Waals surface area contributed by atoms with Gasteiger partial charge in [0.25, 0.3) is 0 Å². The molecule has 0 fully saturated rings. The average molecular weight is 335 g/mol. The molecular formula is C16H12ClFN2O3. The highest BCUT2D eigenvalue weighted by Crippen LogP contribution is 2.39. The zero-order chi connectivity index (χ0) is 16.2. The van der Waals surface area contributed by atoms with Gasteiger partial charge in [-0.3, -0.25) is 4.79 Å². The molecular weight excluding hydrogens is 323 g/mol. The van der Waals surface area contributed by atoms with Crippen molar-refractivity contribution in [2.45, 2.75) is 6.42 Å².